The summed E-state index contributed by atoms with van der Waals surface area (Å²) in [6.07, 6.45) is 5.05. The third-order valence-corrected chi connectivity index (χ3v) is 2.88. The normalized spacial score (nSPS) is 10.6. The van der Waals surface area contributed by atoms with Gasteiger partial charge in [-0.1, -0.05) is 50.1 Å². The molecule has 16 heavy (non-hydrogen) atoms. The van der Waals surface area contributed by atoms with E-state index >= 15 is 0 Å². The highest BCUT2D eigenvalue weighted by Gasteiger charge is 2.00. The summed E-state index contributed by atoms with van der Waals surface area (Å²) in [5.41, 5.74) is 3.85. The zero-order chi connectivity index (χ0) is 11.2. The first-order valence-corrected chi connectivity index (χ1v) is 6.13. The van der Waals surface area contributed by atoms with Crippen molar-refractivity contribution >= 4 is 0 Å². The summed E-state index contributed by atoms with van der Waals surface area (Å²) in [5.74, 6) is 0. The summed E-state index contributed by atoms with van der Waals surface area (Å²) < 4.78 is 0. The summed E-state index contributed by atoms with van der Waals surface area (Å²) in [6.45, 7) is 2.24. The molecule has 84 valence electrons. The van der Waals surface area contributed by atoms with Crippen LogP contribution in [0, 0.1) is 0 Å². The number of aryl methyl sites for hydroxylation is 1. The lowest BCUT2D eigenvalue weighted by atomic mass is 10.2. The molecule has 0 saturated carbocycles. The minimum Gasteiger partial charge on any atom is -0.358 e. The number of hydrogen-bond acceptors (Lipinski definition) is 0. The fourth-order valence-electron chi connectivity index (χ4n) is 1.94. The van der Waals surface area contributed by atoms with E-state index in [-0.39, 0.29) is 0 Å². The molecule has 0 aliphatic carbocycles. The van der Waals surface area contributed by atoms with Crippen LogP contribution in [0.15, 0.2) is 42.5 Å². The average molecular weight is 213 g/mol. The van der Waals surface area contributed by atoms with E-state index in [1.807, 2.05) is 0 Å². The molecule has 0 aliphatic heterocycles. The van der Waals surface area contributed by atoms with Gasteiger partial charge in [-0.05, 0) is 30.5 Å². The molecule has 1 nitrogen and oxygen atoms in total. The molecule has 0 unspecified atom stereocenters. The molecule has 0 atom stereocenters. The standard InChI is InChI=1S/C15H19N/c1-2-3-5-10-14-11-12-15(16-14)13-8-6-4-7-9-13/h4,6-9,11-12,16H,2-3,5,10H2,1H3. The minimum atomic E-state index is 1.17. The van der Waals surface area contributed by atoms with Crippen LogP contribution in [0.3, 0.4) is 0 Å². The Morgan fingerprint density at radius 3 is 2.50 bits per heavy atom. The first-order chi connectivity index (χ1) is 7.90. The number of hydrogen-bond donors (Lipinski definition) is 1. The van der Waals surface area contributed by atoms with Gasteiger partial charge >= 0.3 is 0 Å². The van der Waals surface area contributed by atoms with Gasteiger partial charge in [0.1, 0.15) is 0 Å². The van der Waals surface area contributed by atoms with E-state index in [9.17, 15) is 0 Å². The molecule has 1 N–H and O–H groups in total. The fourth-order valence-corrected chi connectivity index (χ4v) is 1.94. The molecule has 0 aliphatic rings. The molecule has 2 aromatic rings. The van der Waals surface area contributed by atoms with Gasteiger partial charge in [-0.15, -0.1) is 0 Å². The van der Waals surface area contributed by atoms with Crippen LogP contribution in [0.4, 0.5) is 0 Å². The van der Waals surface area contributed by atoms with E-state index in [0.29, 0.717) is 0 Å². The Hall–Kier alpha value is -1.50. The molecule has 1 heterocycles. The quantitative estimate of drug-likeness (QED) is 0.708. The van der Waals surface area contributed by atoms with Crippen LogP contribution in [0.5, 0.6) is 0 Å². The van der Waals surface area contributed by atoms with Gasteiger partial charge in [0, 0.05) is 11.4 Å². The molecular formula is C15H19N. The molecule has 0 radical (unpaired) electrons. The van der Waals surface area contributed by atoms with Gasteiger partial charge in [-0.25, -0.2) is 0 Å². The summed E-state index contributed by atoms with van der Waals surface area (Å²) in [7, 11) is 0. The van der Waals surface area contributed by atoms with Gasteiger partial charge in [0.05, 0.1) is 0 Å². The maximum Gasteiger partial charge on any atom is 0.0456 e. The van der Waals surface area contributed by atoms with E-state index in [2.05, 4.69) is 54.4 Å². The monoisotopic (exact) mass is 213 g/mol. The van der Waals surface area contributed by atoms with Crippen molar-refractivity contribution in [1.29, 1.82) is 0 Å². The Morgan fingerprint density at radius 2 is 1.75 bits per heavy atom. The summed E-state index contributed by atoms with van der Waals surface area (Å²) in [6, 6.07) is 14.9. The molecule has 1 heteroatoms. The number of benzene rings is 1. The highest BCUT2D eigenvalue weighted by molar-refractivity contribution is 5.59. The zero-order valence-electron chi connectivity index (χ0n) is 9.87. The van der Waals surface area contributed by atoms with Gasteiger partial charge in [0.15, 0.2) is 0 Å². The topological polar surface area (TPSA) is 15.8 Å². The third-order valence-electron chi connectivity index (χ3n) is 2.88. The van der Waals surface area contributed by atoms with E-state index < -0.39 is 0 Å². The number of aromatic amines is 1. The Kier molecular flexibility index (Phi) is 3.81. The maximum atomic E-state index is 3.49. The number of unbranched alkanes of at least 4 members (excludes halogenated alkanes) is 2. The van der Waals surface area contributed by atoms with Crippen LogP contribution >= 0.6 is 0 Å². The van der Waals surface area contributed by atoms with Crippen molar-refractivity contribution in [3.63, 3.8) is 0 Å². The van der Waals surface area contributed by atoms with Gasteiger partial charge in [0.2, 0.25) is 0 Å². The number of H-pyrrole nitrogens is 1. The minimum absolute atomic E-state index is 1.17. The lowest BCUT2D eigenvalue weighted by Gasteiger charge is -1.98. The van der Waals surface area contributed by atoms with Gasteiger partial charge in [-0.2, -0.15) is 0 Å². The predicted octanol–water partition coefficient (Wildman–Crippen LogP) is 4.41. The molecule has 0 amide bonds. The second-order valence-corrected chi connectivity index (χ2v) is 4.22. The first-order valence-electron chi connectivity index (χ1n) is 6.13. The predicted molar refractivity (Wildman–Crippen MR) is 69.5 cm³/mol. The molecule has 1 aromatic heterocycles. The number of rotatable bonds is 5. The first kappa shape index (κ1) is 11.0. The molecular weight excluding hydrogens is 194 g/mol. The highest BCUT2D eigenvalue weighted by Crippen LogP contribution is 2.18. The van der Waals surface area contributed by atoms with Crippen molar-refractivity contribution in [1.82, 2.24) is 4.98 Å². The van der Waals surface area contributed by atoms with Crippen molar-refractivity contribution in [2.45, 2.75) is 32.6 Å². The largest absolute Gasteiger partial charge is 0.358 e. The van der Waals surface area contributed by atoms with E-state index in [4.69, 9.17) is 0 Å². The van der Waals surface area contributed by atoms with E-state index in [1.54, 1.807) is 0 Å². The van der Waals surface area contributed by atoms with Gasteiger partial charge in [0.25, 0.3) is 0 Å². The number of nitrogens with one attached hydrogen (secondary N) is 1. The van der Waals surface area contributed by atoms with Crippen molar-refractivity contribution in [3.05, 3.63) is 48.2 Å². The number of aromatic nitrogens is 1. The van der Waals surface area contributed by atoms with Crippen molar-refractivity contribution in [2.75, 3.05) is 0 Å². The van der Waals surface area contributed by atoms with Gasteiger partial charge in [-0.3, -0.25) is 0 Å². The van der Waals surface area contributed by atoms with Crippen molar-refractivity contribution in [3.8, 4) is 11.3 Å². The van der Waals surface area contributed by atoms with Crippen LogP contribution in [0.2, 0.25) is 0 Å². The second kappa shape index (κ2) is 5.55. The lowest BCUT2D eigenvalue weighted by molar-refractivity contribution is 0.710. The molecule has 2 rings (SSSR count). The molecule has 0 fully saturated rings. The lowest BCUT2D eigenvalue weighted by Crippen LogP contribution is -1.85. The Labute approximate surface area is 97.5 Å². The average Bonchev–Trinajstić information content (AvgIpc) is 2.79. The van der Waals surface area contributed by atoms with E-state index in [1.165, 1.54) is 42.6 Å². The van der Waals surface area contributed by atoms with Crippen molar-refractivity contribution < 1.29 is 0 Å². The molecule has 0 bridgehead atoms. The molecule has 1 aromatic carbocycles. The molecule has 0 spiro atoms. The zero-order valence-corrected chi connectivity index (χ0v) is 9.87. The summed E-state index contributed by atoms with van der Waals surface area (Å²) in [4.78, 5) is 3.49. The highest BCUT2D eigenvalue weighted by atomic mass is 14.7. The Bertz CT molecular complexity index is 414. The van der Waals surface area contributed by atoms with Crippen molar-refractivity contribution in [2.24, 2.45) is 0 Å². The van der Waals surface area contributed by atoms with Gasteiger partial charge < -0.3 is 4.98 Å². The Balaban J connectivity index is 2.02. The van der Waals surface area contributed by atoms with E-state index in [0.717, 1.165) is 0 Å². The van der Waals surface area contributed by atoms with Crippen LogP contribution in [-0.2, 0) is 6.42 Å². The third kappa shape index (κ3) is 2.75. The summed E-state index contributed by atoms with van der Waals surface area (Å²) >= 11 is 0. The maximum absolute atomic E-state index is 3.49. The summed E-state index contributed by atoms with van der Waals surface area (Å²) in [5, 5.41) is 0. The van der Waals surface area contributed by atoms with Crippen LogP contribution < -0.4 is 0 Å². The SMILES string of the molecule is CCCCCc1ccc(-c2ccccc2)[nH]1. The van der Waals surface area contributed by atoms with Crippen LogP contribution in [-0.4, -0.2) is 4.98 Å². The smallest absolute Gasteiger partial charge is 0.0456 e. The van der Waals surface area contributed by atoms with Crippen LogP contribution in [0.25, 0.3) is 11.3 Å². The van der Waals surface area contributed by atoms with Crippen LogP contribution in [0.1, 0.15) is 31.9 Å². The Morgan fingerprint density at radius 1 is 0.938 bits per heavy atom. The fraction of sp³-hybridized carbons (Fsp3) is 0.333. The molecule has 0 saturated heterocycles. The second-order valence-electron chi connectivity index (χ2n) is 4.22.